The first-order valence-electron chi connectivity index (χ1n) is 3.73. The molecule has 0 saturated carbocycles. The second-order valence-electron chi connectivity index (χ2n) is 2.14. The molecule has 1 N–H and O–H groups in total. The van der Waals surface area contributed by atoms with Gasteiger partial charge in [0.1, 0.15) is 0 Å². The van der Waals surface area contributed by atoms with Crippen molar-refractivity contribution in [3.63, 3.8) is 0 Å². The Hall–Kier alpha value is 0.126. The standard InChI is InChI=1S/C9H10NO2.CH3.K/c1-2-12-9(11)10-8-6-4-3-5-7-8;;/h3-4,6-7H,2H2,1H3,(H,10,11);1H3;/q2*-1;+1. The Kier molecular flexibility index (Phi) is 11.4. The zero-order chi connectivity index (χ0) is 8.81. The number of rotatable bonds is 2. The number of benzene rings is 1. The summed E-state index contributed by atoms with van der Waals surface area (Å²) in [4.78, 5) is 10.9. The molecule has 0 aliphatic rings. The van der Waals surface area contributed by atoms with Gasteiger partial charge in [-0.3, -0.25) is 0 Å². The maximum atomic E-state index is 10.9. The molecule has 1 aromatic rings. The van der Waals surface area contributed by atoms with E-state index in [2.05, 4.69) is 16.1 Å². The van der Waals surface area contributed by atoms with Crippen molar-refractivity contribution in [3.05, 3.63) is 37.8 Å². The molecule has 0 spiro atoms. The fraction of sp³-hybridized carbons (Fsp3) is 0.200. The number of hydrogen-bond donors (Lipinski definition) is 1. The normalized spacial score (nSPS) is 7.79. The summed E-state index contributed by atoms with van der Waals surface area (Å²) in [5.74, 6) is 0. The topological polar surface area (TPSA) is 38.3 Å². The molecule has 0 saturated heterocycles. The fourth-order valence-electron chi connectivity index (χ4n) is 0.756. The molecule has 72 valence electrons. The first-order valence-corrected chi connectivity index (χ1v) is 3.73. The number of nitrogens with one attached hydrogen (secondary N) is 1. The number of hydrogen-bond acceptors (Lipinski definition) is 2. The van der Waals surface area contributed by atoms with Gasteiger partial charge in [0.25, 0.3) is 0 Å². The van der Waals surface area contributed by atoms with Crippen molar-refractivity contribution in [2.75, 3.05) is 11.9 Å². The molecule has 3 nitrogen and oxygen atoms in total. The van der Waals surface area contributed by atoms with Crippen LogP contribution in [0.1, 0.15) is 6.92 Å². The maximum absolute atomic E-state index is 10.9. The molecule has 4 heteroatoms. The van der Waals surface area contributed by atoms with E-state index >= 15 is 0 Å². The first-order chi connectivity index (χ1) is 5.83. The number of carbonyl (C=O) groups excluding carboxylic acids is 1. The maximum Gasteiger partial charge on any atom is 1.00 e. The molecule has 0 bridgehead atoms. The average Bonchev–Trinajstić information content (AvgIpc) is 2.06. The summed E-state index contributed by atoms with van der Waals surface area (Å²) in [6.07, 6.45) is -0.433. The van der Waals surface area contributed by atoms with Crippen molar-refractivity contribution < 1.29 is 60.9 Å². The predicted octanol–water partition coefficient (Wildman–Crippen LogP) is -0.491. The summed E-state index contributed by atoms with van der Waals surface area (Å²) in [5, 5.41) is 2.55. The minimum atomic E-state index is -0.433. The first kappa shape index (κ1) is 16.6. The van der Waals surface area contributed by atoms with Gasteiger partial charge in [-0.1, -0.05) is 5.69 Å². The Labute approximate surface area is 128 Å². The Balaban J connectivity index is 0. The van der Waals surface area contributed by atoms with Crippen molar-refractivity contribution in [2.45, 2.75) is 6.92 Å². The van der Waals surface area contributed by atoms with Gasteiger partial charge in [0.15, 0.2) is 0 Å². The third-order valence-electron chi connectivity index (χ3n) is 1.23. The van der Waals surface area contributed by atoms with Crippen molar-refractivity contribution in [1.82, 2.24) is 0 Å². The van der Waals surface area contributed by atoms with E-state index in [1.807, 2.05) is 0 Å². The monoisotopic (exact) mass is 218 g/mol. The van der Waals surface area contributed by atoms with Gasteiger partial charge in [-0.2, -0.15) is 24.3 Å². The van der Waals surface area contributed by atoms with Gasteiger partial charge >= 0.3 is 57.5 Å². The number of amides is 1. The van der Waals surface area contributed by atoms with Crippen LogP contribution in [0.25, 0.3) is 0 Å². The van der Waals surface area contributed by atoms with Crippen LogP contribution in [0.15, 0.2) is 24.3 Å². The van der Waals surface area contributed by atoms with E-state index in [9.17, 15) is 4.79 Å². The molecule has 1 aromatic carbocycles. The zero-order valence-electron chi connectivity index (χ0n) is 8.83. The Morgan fingerprint density at radius 2 is 2.36 bits per heavy atom. The van der Waals surface area contributed by atoms with Crippen molar-refractivity contribution in [1.29, 1.82) is 0 Å². The van der Waals surface area contributed by atoms with E-state index in [-0.39, 0.29) is 58.8 Å². The molecule has 0 aliphatic carbocycles. The van der Waals surface area contributed by atoms with E-state index in [0.29, 0.717) is 12.3 Å². The molecule has 0 aliphatic heterocycles. The molecule has 1 amide bonds. The molecule has 0 fully saturated rings. The Morgan fingerprint density at radius 1 is 1.64 bits per heavy atom. The second kappa shape index (κ2) is 9.67. The number of carbonyl (C=O) groups is 1. The van der Waals surface area contributed by atoms with Crippen molar-refractivity contribution in [3.8, 4) is 0 Å². The summed E-state index contributed by atoms with van der Waals surface area (Å²) in [6.45, 7) is 2.14. The second-order valence-corrected chi connectivity index (χ2v) is 2.14. The SMILES string of the molecule is CCOC(=O)Nc1c[c-]ccc1.[CH3-].[K+]. The van der Waals surface area contributed by atoms with Crippen molar-refractivity contribution in [2.24, 2.45) is 0 Å². The van der Waals surface area contributed by atoms with Gasteiger partial charge in [-0.25, -0.2) is 4.79 Å². The molecule has 1 rings (SSSR count). The van der Waals surface area contributed by atoms with Crippen LogP contribution in [0.4, 0.5) is 10.5 Å². The van der Waals surface area contributed by atoms with E-state index < -0.39 is 6.09 Å². The smallest absolute Gasteiger partial charge is 0.450 e. The largest absolute Gasteiger partial charge is 1.00 e. The number of anilines is 1. The molecule has 0 unspecified atom stereocenters. The van der Waals surface area contributed by atoms with Gasteiger partial charge in [0, 0.05) is 0 Å². The van der Waals surface area contributed by atoms with Crippen LogP contribution >= 0.6 is 0 Å². The molecule has 0 atom stereocenters. The molecule has 0 aromatic heterocycles. The van der Waals surface area contributed by atoms with Crippen molar-refractivity contribution >= 4 is 11.8 Å². The zero-order valence-corrected chi connectivity index (χ0v) is 12.0. The Morgan fingerprint density at radius 3 is 2.86 bits per heavy atom. The molecular formula is C10H13KNO2-. The van der Waals surface area contributed by atoms with Crippen LogP contribution in [0, 0.1) is 13.5 Å². The summed E-state index contributed by atoms with van der Waals surface area (Å²) < 4.78 is 4.68. The quantitative estimate of drug-likeness (QED) is 0.537. The fourth-order valence-corrected chi connectivity index (χ4v) is 0.756. The van der Waals surface area contributed by atoms with Crippen LogP contribution < -0.4 is 56.7 Å². The van der Waals surface area contributed by atoms with E-state index in [1.165, 1.54) is 0 Å². The van der Waals surface area contributed by atoms with Gasteiger partial charge in [0.2, 0.25) is 0 Å². The molecule has 0 radical (unpaired) electrons. The van der Waals surface area contributed by atoms with Gasteiger partial charge in [0.05, 0.1) is 6.61 Å². The summed E-state index contributed by atoms with van der Waals surface area (Å²) in [6, 6.07) is 9.84. The third-order valence-corrected chi connectivity index (χ3v) is 1.23. The van der Waals surface area contributed by atoms with Crippen LogP contribution in [-0.2, 0) is 4.74 Å². The minimum Gasteiger partial charge on any atom is -0.450 e. The van der Waals surface area contributed by atoms with Crippen LogP contribution in [-0.4, -0.2) is 12.7 Å². The molecule has 14 heavy (non-hydrogen) atoms. The summed E-state index contributed by atoms with van der Waals surface area (Å²) in [7, 11) is 0. The van der Waals surface area contributed by atoms with E-state index in [1.54, 1.807) is 31.2 Å². The van der Waals surface area contributed by atoms with Gasteiger partial charge in [-0.05, 0) is 6.92 Å². The molecular weight excluding hydrogens is 205 g/mol. The van der Waals surface area contributed by atoms with E-state index in [4.69, 9.17) is 0 Å². The van der Waals surface area contributed by atoms with E-state index in [0.717, 1.165) is 0 Å². The number of ether oxygens (including phenoxy) is 1. The average molecular weight is 218 g/mol. The van der Waals surface area contributed by atoms with Crippen LogP contribution in [0.3, 0.4) is 0 Å². The van der Waals surface area contributed by atoms with Crippen LogP contribution in [0.2, 0.25) is 0 Å². The summed E-state index contributed by atoms with van der Waals surface area (Å²) >= 11 is 0. The predicted molar refractivity (Wildman–Crippen MR) is 52.3 cm³/mol. The Bertz CT molecular complexity index is 252. The van der Waals surface area contributed by atoms with Gasteiger partial charge in [-0.15, -0.1) is 6.07 Å². The van der Waals surface area contributed by atoms with Crippen LogP contribution in [0.5, 0.6) is 0 Å². The summed E-state index contributed by atoms with van der Waals surface area (Å²) in [5.41, 5.74) is 0.691. The third kappa shape index (κ3) is 6.56. The minimum absolute atomic E-state index is 0. The molecule has 0 heterocycles. The van der Waals surface area contributed by atoms with Gasteiger partial charge < -0.3 is 17.5 Å².